The molecule has 8 nitrogen and oxygen atoms in total. The predicted molar refractivity (Wildman–Crippen MR) is 52.0 cm³/mol. The summed E-state index contributed by atoms with van der Waals surface area (Å²) >= 11 is 0. The Balaban J connectivity index is 5.03. The number of carbonyl (C=O) groups excluding carboxylic acids is 2. The van der Waals surface area contributed by atoms with Gasteiger partial charge >= 0.3 is 5.97 Å². The average Bonchev–Trinajstić information content (AvgIpc) is 2.24. The number of carboxylic acid groups (broad SMARTS) is 1. The first-order valence-electron chi connectivity index (χ1n) is 4.57. The maximum Gasteiger partial charge on any atom is 0.335 e. The van der Waals surface area contributed by atoms with E-state index in [1.54, 1.807) is 0 Å². The fraction of sp³-hybridized carbons (Fsp3) is 0.667. The first kappa shape index (κ1) is 15.7. The van der Waals surface area contributed by atoms with E-state index in [1.165, 1.54) is 0 Å². The van der Waals surface area contributed by atoms with Crippen molar-refractivity contribution in [1.29, 1.82) is 0 Å². The normalized spacial score (nSPS) is 19.9. The standard InChI is InChI=1S/C9H14O8/c1-3(10)4(11)5(12)6(13)9(2,17)7(14)8(15)16/h5-7,12-14,17H,1-2H3,(H,15,16)/t5-,6+,7+,9-/m0/s1. The van der Waals surface area contributed by atoms with E-state index >= 15 is 0 Å². The molecule has 0 rings (SSSR count). The molecule has 8 heteroatoms. The largest absolute Gasteiger partial charge is 0.479 e. The first-order valence-corrected chi connectivity index (χ1v) is 4.57. The second kappa shape index (κ2) is 5.32. The van der Waals surface area contributed by atoms with Crippen LogP contribution in [-0.2, 0) is 14.4 Å². The molecule has 0 aliphatic heterocycles. The summed E-state index contributed by atoms with van der Waals surface area (Å²) in [5.74, 6) is -4.32. The molecule has 5 N–H and O–H groups in total. The highest BCUT2D eigenvalue weighted by Gasteiger charge is 2.47. The van der Waals surface area contributed by atoms with Crippen molar-refractivity contribution in [2.75, 3.05) is 0 Å². The summed E-state index contributed by atoms with van der Waals surface area (Å²) < 4.78 is 0. The Labute approximate surface area is 96.1 Å². The van der Waals surface area contributed by atoms with Crippen molar-refractivity contribution < 1.29 is 39.9 Å². The van der Waals surface area contributed by atoms with E-state index in [0.717, 1.165) is 6.92 Å². The molecular weight excluding hydrogens is 236 g/mol. The van der Waals surface area contributed by atoms with Crippen LogP contribution in [-0.4, -0.2) is 67.0 Å². The van der Waals surface area contributed by atoms with Crippen LogP contribution >= 0.6 is 0 Å². The number of carbonyl (C=O) groups is 3. The minimum absolute atomic E-state index is 0.715. The molecule has 98 valence electrons. The van der Waals surface area contributed by atoms with Gasteiger partial charge in [-0.25, -0.2) is 4.79 Å². The summed E-state index contributed by atoms with van der Waals surface area (Å²) in [7, 11) is 0. The molecular formula is C9H14O8. The molecule has 0 aliphatic carbocycles. The van der Waals surface area contributed by atoms with Gasteiger partial charge < -0.3 is 25.5 Å². The zero-order valence-corrected chi connectivity index (χ0v) is 9.19. The Kier molecular flexibility index (Phi) is 4.90. The van der Waals surface area contributed by atoms with Crippen molar-refractivity contribution in [2.24, 2.45) is 0 Å². The fourth-order valence-electron chi connectivity index (χ4n) is 1.08. The molecule has 0 aromatic heterocycles. The van der Waals surface area contributed by atoms with Crippen molar-refractivity contribution in [3.63, 3.8) is 0 Å². The summed E-state index contributed by atoms with van der Waals surface area (Å²) in [6.45, 7) is 1.55. The predicted octanol–water partition coefficient (Wildman–Crippen LogP) is -2.94. The monoisotopic (exact) mass is 250 g/mol. The Bertz CT molecular complexity index is 334. The third-order valence-electron chi connectivity index (χ3n) is 2.30. The second-order valence-corrected chi connectivity index (χ2v) is 3.78. The van der Waals surface area contributed by atoms with E-state index in [4.69, 9.17) is 10.2 Å². The first-order chi connectivity index (χ1) is 7.53. The van der Waals surface area contributed by atoms with Crippen LogP contribution in [0.4, 0.5) is 0 Å². The molecule has 0 saturated carbocycles. The summed E-state index contributed by atoms with van der Waals surface area (Å²) in [5.41, 5.74) is -2.68. The molecule has 0 aromatic rings. The van der Waals surface area contributed by atoms with Crippen molar-refractivity contribution >= 4 is 17.5 Å². The molecule has 0 amide bonds. The number of aliphatic hydroxyl groups excluding tert-OH is 3. The Hall–Kier alpha value is -1.35. The maximum absolute atomic E-state index is 11.0. The van der Waals surface area contributed by atoms with Gasteiger partial charge in [0.25, 0.3) is 0 Å². The Morgan fingerprint density at radius 2 is 1.53 bits per heavy atom. The minimum atomic E-state index is -2.68. The van der Waals surface area contributed by atoms with Gasteiger partial charge in [0.15, 0.2) is 11.9 Å². The molecule has 17 heavy (non-hydrogen) atoms. The van der Waals surface area contributed by atoms with Gasteiger partial charge in [-0.1, -0.05) is 0 Å². The lowest BCUT2D eigenvalue weighted by molar-refractivity contribution is -0.190. The van der Waals surface area contributed by atoms with E-state index in [1.807, 2.05) is 0 Å². The number of rotatable bonds is 6. The number of hydrogen-bond acceptors (Lipinski definition) is 7. The number of ketones is 2. The SMILES string of the molecule is CC(=O)C(=O)[C@H](O)[C@@H](O)[C@](C)(O)[C@H](O)C(=O)O. The van der Waals surface area contributed by atoms with Crippen LogP contribution in [0, 0.1) is 0 Å². The van der Waals surface area contributed by atoms with Crippen LogP contribution in [0.2, 0.25) is 0 Å². The molecule has 0 radical (unpaired) electrons. The minimum Gasteiger partial charge on any atom is -0.479 e. The molecule has 0 fully saturated rings. The average molecular weight is 250 g/mol. The quantitative estimate of drug-likeness (QED) is 0.314. The van der Waals surface area contributed by atoms with Crippen LogP contribution in [0.25, 0.3) is 0 Å². The highest BCUT2D eigenvalue weighted by molar-refractivity contribution is 6.38. The van der Waals surface area contributed by atoms with Crippen LogP contribution in [0.5, 0.6) is 0 Å². The van der Waals surface area contributed by atoms with Gasteiger partial charge in [0, 0.05) is 6.92 Å². The summed E-state index contributed by atoms with van der Waals surface area (Å²) in [5, 5.41) is 45.7. The zero-order chi connectivity index (χ0) is 14.0. The highest BCUT2D eigenvalue weighted by Crippen LogP contribution is 2.19. The molecule has 0 unspecified atom stereocenters. The van der Waals surface area contributed by atoms with Crippen molar-refractivity contribution in [3.05, 3.63) is 0 Å². The Morgan fingerprint density at radius 1 is 1.12 bits per heavy atom. The van der Waals surface area contributed by atoms with E-state index in [-0.39, 0.29) is 0 Å². The molecule has 0 heterocycles. The molecule has 0 bridgehead atoms. The van der Waals surface area contributed by atoms with Crippen LogP contribution in [0.1, 0.15) is 13.8 Å². The van der Waals surface area contributed by atoms with Gasteiger partial charge in [-0.15, -0.1) is 0 Å². The lowest BCUT2D eigenvalue weighted by Gasteiger charge is -2.33. The summed E-state index contributed by atoms with van der Waals surface area (Å²) in [6, 6.07) is 0. The number of aliphatic carboxylic acids is 1. The van der Waals surface area contributed by atoms with E-state index < -0.39 is 41.4 Å². The van der Waals surface area contributed by atoms with Crippen LogP contribution in [0.3, 0.4) is 0 Å². The number of carboxylic acids is 1. The lowest BCUT2D eigenvalue weighted by Crippen LogP contribution is -2.59. The topological polar surface area (TPSA) is 152 Å². The fourth-order valence-corrected chi connectivity index (χ4v) is 1.08. The van der Waals surface area contributed by atoms with Crippen LogP contribution in [0.15, 0.2) is 0 Å². The van der Waals surface area contributed by atoms with Crippen molar-refractivity contribution in [1.82, 2.24) is 0 Å². The third-order valence-corrected chi connectivity index (χ3v) is 2.30. The molecule has 0 saturated heterocycles. The van der Waals surface area contributed by atoms with Crippen molar-refractivity contribution in [2.45, 2.75) is 37.8 Å². The second-order valence-electron chi connectivity index (χ2n) is 3.78. The van der Waals surface area contributed by atoms with Gasteiger partial charge in [0.05, 0.1) is 0 Å². The maximum atomic E-state index is 11.0. The molecule has 0 aromatic carbocycles. The smallest absolute Gasteiger partial charge is 0.335 e. The number of hydrogen-bond donors (Lipinski definition) is 5. The van der Waals surface area contributed by atoms with E-state index in [9.17, 15) is 29.7 Å². The number of aliphatic hydroxyl groups is 4. The van der Waals surface area contributed by atoms with Gasteiger partial charge in [-0.2, -0.15) is 0 Å². The summed E-state index contributed by atoms with van der Waals surface area (Å²) in [4.78, 5) is 32.1. The number of Topliss-reactive ketones (excluding diaryl/α,β-unsaturated/α-hetero) is 2. The highest BCUT2D eigenvalue weighted by atomic mass is 16.4. The van der Waals surface area contributed by atoms with Crippen molar-refractivity contribution in [3.8, 4) is 0 Å². The van der Waals surface area contributed by atoms with E-state index in [0.29, 0.717) is 6.92 Å². The van der Waals surface area contributed by atoms with Gasteiger partial charge in [-0.05, 0) is 6.92 Å². The van der Waals surface area contributed by atoms with E-state index in [2.05, 4.69) is 0 Å². The summed E-state index contributed by atoms with van der Waals surface area (Å²) in [6.07, 6.45) is -7.05. The lowest BCUT2D eigenvalue weighted by atomic mass is 9.87. The van der Waals surface area contributed by atoms with Gasteiger partial charge in [0.2, 0.25) is 5.78 Å². The molecule has 0 spiro atoms. The van der Waals surface area contributed by atoms with Gasteiger partial charge in [-0.3, -0.25) is 9.59 Å². The van der Waals surface area contributed by atoms with Gasteiger partial charge in [0.1, 0.15) is 17.8 Å². The van der Waals surface area contributed by atoms with Crippen LogP contribution < -0.4 is 0 Å². The molecule has 0 aliphatic rings. The zero-order valence-electron chi connectivity index (χ0n) is 9.19. The molecule has 4 atom stereocenters. The Morgan fingerprint density at radius 3 is 1.82 bits per heavy atom. The third kappa shape index (κ3) is 3.30.